The fourth-order valence-corrected chi connectivity index (χ4v) is 2.54. The van der Waals surface area contributed by atoms with Gasteiger partial charge in [0.05, 0.1) is 6.04 Å². The van der Waals surface area contributed by atoms with E-state index in [1.165, 1.54) is 0 Å². The molecule has 0 saturated carbocycles. The van der Waals surface area contributed by atoms with Gasteiger partial charge in [-0.3, -0.25) is 0 Å². The summed E-state index contributed by atoms with van der Waals surface area (Å²) in [6.07, 6.45) is 1.80. The molecule has 2 rings (SSSR count). The van der Waals surface area contributed by atoms with E-state index in [0.29, 0.717) is 17.8 Å². The molecule has 0 aliphatic carbocycles. The van der Waals surface area contributed by atoms with E-state index in [0.717, 1.165) is 18.1 Å². The molecular weight excluding hydrogens is 286 g/mol. The molecule has 2 aromatic rings. The van der Waals surface area contributed by atoms with Crippen LogP contribution in [0.25, 0.3) is 0 Å². The molecule has 2 heterocycles. The highest BCUT2D eigenvalue weighted by Gasteiger charge is 2.14. The van der Waals surface area contributed by atoms with Gasteiger partial charge in [0.15, 0.2) is 0 Å². The van der Waals surface area contributed by atoms with E-state index < -0.39 is 0 Å². The molecule has 2 N–H and O–H groups in total. The van der Waals surface area contributed by atoms with Gasteiger partial charge in [-0.15, -0.1) is 11.3 Å². The highest BCUT2D eigenvalue weighted by atomic mass is 32.1. The molecule has 21 heavy (non-hydrogen) atoms. The van der Waals surface area contributed by atoms with Gasteiger partial charge < -0.3 is 15.5 Å². The highest BCUT2D eigenvalue weighted by Crippen LogP contribution is 2.20. The largest absolute Gasteiger partial charge is 0.357 e. The molecule has 114 valence electrons. The zero-order valence-electron chi connectivity index (χ0n) is 12.8. The molecule has 0 spiro atoms. The van der Waals surface area contributed by atoms with Crippen molar-refractivity contribution in [3.63, 3.8) is 0 Å². The summed E-state index contributed by atoms with van der Waals surface area (Å²) in [6, 6.07) is 0.0571. The summed E-state index contributed by atoms with van der Waals surface area (Å²) < 4.78 is 0. The van der Waals surface area contributed by atoms with Crippen molar-refractivity contribution < 1.29 is 0 Å². The lowest BCUT2D eigenvalue weighted by molar-refractivity contribution is 0.799. The zero-order chi connectivity index (χ0) is 15.2. The molecule has 7 nitrogen and oxygen atoms in total. The average molecular weight is 307 g/mol. The van der Waals surface area contributed by atoms with Crippen LogP contribution in [0.4, 0.5) is 17.8 Å². The minimum atomic E-state index is 0.0571. The van der Waals surface area contributed by atoms with Crippen molar-refractivity contribution in [1.29, 1.82) is 0 Å². The summed E-state index contributed by atoms with van der Waals surface area (Å²) in [4.78, 5) is 19.7. The van der Waals surface area contributed by atoms with Crippen LogP contribution in [-0.4, -0.2) is 40.1 Å². The Kier molecular flexibility index (Phi) is 5.26. The first-order valence-electron chi connectivity index (χ1n) is 7.02. The van der Waals surface area contributed by atoms with E-state index in [-0.39, 0.29) is 6.04 Å². The predicted octanol–water partition coefficient (Wildman–Crippen LogP) is 2.39. The summed E-state index contributed by atoms with van der Waals surface area (Å²) >= 11 is 1.61. The maximum Gasteiger partial charge on any atom is 0.231 e. The van der Waals surface area contributed by atoms with Crippen LogP contribution in [0, 0.1) is 0 Å². The second-order valence-corrected chi connectivity index (χ2v) is 5.37. The molecular formula is C13H21N7S. The molecule has 8 heteroatoms. The first kappa shape index (κ1) is 15.4. The fraction of sp³-hybridized carbons (Fsp3) is 0.538. The third-order valence-corrected chi connectivity index (χ3v) is 4.02. The molecule has 0 fully saturated rings. The molecule has 1 unspecified atom stereocenters. The van der Waals surface area contributed by atoms with E-state index >= 15 is 0 Å². The second kappa shape index (κ2) is 7.16. The second-order valence-electron chi connectivity index (χ2n) is 4.44. The van der Waals surface area contributed by atoms with E-state index in [1.807, 2.05) is 12.3 Å². The minimum Gasteiger partial charge on any atom is -0.357 e. The standard InChI is InChI=1S/C13H21N7S/c1-5-20(6-2)13-18-11(14-4)17-12(19-13)16-9(3)10-15-7-8-21-10/h7-9H,5-6H2,1-4H3,(H2,14,16,17,18,19). The van der Waals surface area contributed by atoms with E-state index in [9.17, 15) is 0 Å². The molecule has 0 aromatic carbocycles. The Balaban J connectivity index is 2.24. The Morgan fingerprint density at radius 1 is 1.19 bits per heavy atom. The van der Waals surface area contributed by atoms with Crippen LogP contribution < -0.4 is 15.5 Å². The third kappa shape index (κ3) is 3.78. The number of hydrogen-bond donors (Lipinski definition) is 2. The fourth-order valence-electron chi connectivity index (χ4n) is 1.89. The van der Waals surface area contributed by atoms with E-state index in [1.54, 1.807) is 24.6 Å². The number of hydrogen-bond acceptors (Lipinski definition) is 8. The monoisotopic (exact) mass is 307 g/mol. The van der Waals surface area contributed by atoms with Crippen molar-refractivity contribution in [2.24, 2.45) is 0 Å². The van der Waals surface area contributed by atoms with Gasteiger partial charge in [0.25, 0.3) is 0 Å². The number of anilines is 3. The lowest BCUT2D eigenvalue weighted by Gasteiger charge is -2.20. The summed E-state index contributed by atoms with van der Waals surface area (Å²) in [7, 11) is 1.80. The van der Waals surface area contributed by atoms with Gasteiger partial charge in [0.2, 0.25) is 17.8 Å². The Labute approximate surface area is 128 Å². The Morgan fingerprint density at radius 3 is 2.48 bits per heavy atom. The van der Waals surface area contributed by atoms with E-state index in [4.69, 9.17) is 0 Å². The SMILES string of the molecule is CCN(CC)c1nc(NC)nc(NC(C)c2nccs2)n1. The van der Waals surface area contributed by atoms with Gasteiger partial charge in [0, 0.05) is 31.7 Å². The predicted molar refractivity (Wildman–Crippen MR) is 87.1 cm³/mol. The van der Waals surface area contributed by atoms with Crippen molar-refractivity contribution >= 4 is 29.2 Å². The number of thiazole rings is 1. The van der Waals surface area contributed by atoms with Gasteiger partial charge in [0.1, 0.15) is 5.01 Å². The summed E-state index contributed by atoms with van der Waals surface area (Å²) in [6.45, 7) is 7.91. The van der Waals surface area contributed by atoms with Crippen LogP contribution in [0.15, 0.2) is 11.6 Å². The lowest BCUT2D eigenvalue weighted by Crippen LogP contribution is -2.25. The van der Waals surface area contributed by atoms with Crippen molar-refractivity contribution in [2.75, 3.05) is 35.7 Å². The Morgan fingerprint density at radius 2 is 1.90 bits per heavy atom. The van der Waals surface area contributed by atoms with Crippen molar-refractivity contribution in [3.05, 3.63) is 16.6 Å². The molecule has 1 atom stereocenters. The van der Waals surface area contributed by atoms with Gasteiger partial charge in [-0.05, 0) is 20.8 Å². The van der Waals surface area contributed by atoms with Gasteiger partial charge in [-0.2, -0.15) is 15.0 Å². The number of nitrogens with one attached hydrogen (secondary N) is 2. The molecule has 0 aliphatic heterocycles. The lowest BCUT2D eigenvalue weighted by atomic mass is 10.4. The molecule has 2 aromatic heterocycles. The minimum absolute atomic E-state index is 0.0571. The number of aromatic nitrogens is 4. The van der Waals surface area contributed by atoms with Crippen LogP contribution in [0.2, 0.25) is 0 Å². The topological polar surface area (TPSA) is 78.9 Å². The van der Waals surface area contributed by atoms with Crippen LogP contribution in [0.3, 0.4) is 0 Å². The first-order chi connectivity index (χ1) is 10.2. The molecule has 0 bridgehead atoms. The Hall–Kier alpha value is -1.96. The molecule has 0 radical (unpaired) electrons. The van der Waals surface area contributed by atoms with Crippen LogP contribution in [0.5, 0.6) is 0 Å². The van der Waals surface area contributed by atoms with E-state index in [2.05, 4.69) is 49.3 Å². The summed E-state index contributed by atoms with van der Waals surface area (Å²) in [5, 5.41) is 9.22. The summed E-state index contributed by atoms with van der Waals surface area (Å²) in [5.74, 6) is 1.79. The van der Waals surface area contributed by atoms with Gasteiger partial charge in [-0.1, -0.05) is 0 Å². The van der Waals surface area contributed by atoms with Gasteiger partial charge >= 0.3 is 0 Å². The highest BCUT2D eigenvalue weighted by molar-refractivity contribution is 7.09. The van der Waals surface area contributed by atoms with Crippen molar-refractivity contribution in [3.8, 4) is 0 Å². The first-order valence-corrected chi connectivity index (χ1v) is 7.90. The van der Waals surface area contributed by atoms with Gasteiger partial charge in [-0.25, -0.2) is 4.98 Å². The average Bonchev–Trinajstić information content (AvgIpc) is 3.02. The third-order valence-electron chi connectivity index (χ3n) is 3.06. The maximum absolute atomic E-state index is 4.50. The van der Waals surface area contributed by atoms with Crippen LogP contribution >= 0.6 is 11.3 Å². The summed E-state index contributed by atoms with van der Waals surface area (Å²) in [5.41, 5.74) is 0. The normalized spacial score (nSPS) is 12.0. The zero-order valence-corrected chi connectivity index (χ0v) is 13.6. The van der Waals surface area contributed by atoms with Crippen LogP contribution in [-0.2, 0) is 0 Å². The van der Waals surface area contributed by atoms with Crippen molar-refractivity contribution in [1.82, 2.24) is 19.9 Å². The molecule has 0 saturated heterocycles. The number of rotatable bonds is 7. The quantitative estimate of drug-likeness (QED) is 0.813. The Bertz CT molecular complexity index is 554. The molecule has 0 amide bonds. The number of nitrogens with zero attached hydrogens (tertiary/aromatic N) is 5. The van der Waals surface area contributed by atoms with Crippen molar-refractivity contribution in [2.45, 2.75) is 26.8 Å². The molecule has 0 aliphatic rings. The maximum atomic E-state index is 4.50. The smallest absolute Gasteiger partial charge is 0.231 e. The van der Waals surface area contributed by atoms with Crippen LogP contribution in [0.1, 0.15) is 31.8 Å².